The number of ether oxygens (including phenoxy) is 2. The lowest BCUT2D eigenvalue weighted by molar-refractivity contribution is -0.118. The molecule has 2 amide bonds. The molecule has 0 fully saturated rings. The highest BCUT2D eigenvalue weighted by Gasteiger charge is 2.14. The lowest BCUT2D eigenvalue weighted by atomic mass is 10.2. The summed E-state index contributed by atoms with van der Waals surface area (Å²) in [4.78, 5) is 28.8. The Bertz CT molecular complexity index is 1130. The molecule has 0 spiro atoms. The van der Waals surface area contributed by atoms with Gasteiger partial charge in [0.2, 0.25) is 0 Å². The molecule has 32 heavy (non-hydrogen) atoms. The Hall–Kier alpha value is -4.20. The molecule has 3 aromatic rings. The van der Waals surface area contributed by atoms with Crippen molar-refractivity contribution in [1.29, 1.82) is 0 Å². The second-order valence-corrected chi connectivity index (χ2v) is 6.61. The van der Waals surface area contributed by atoms with Gasteiger partial charge in [-0.1, -0.05) is 24.3 Å². The van der Waals surface area contributed by atoms with Gasteiger partial charge in [0, 0.05) is 6.20 Å². The number of carbonyl (C=O) groups is 2. The first-order valence-corrected chi connectivity index (χ1v) is 9.75. The van der Waals surface area contributed by atoms with Crippen LogP contribution in [0.1, 0.15) is 23.0 Å². The average molecular weight is 435 g/mol. The van der Waals surface area contributed by atoms with Crippen LogP contribution in [0.15, 0.2) is 66.9 Å². The quantitative estimate of drug-likeness (QED) is 0.543. The maximum Gasteiger partial charge on any atom is 0.274 e. The molecule has 164 valence electrons. The lowest BCUT2D eigenvalue weighted by Gasteiger charge is -2.14. The highest BCUT2D eigenvalue weighted by molar-refractivity contribution is 6.06. The van der Waals surface area contributed by atoms with Crippen molar-refractivity contribution in [1.82, 2.24) is 4.98 Å². The minimum absolute atomic E-state index is 0.0956. The predicted octanol–water partition coefficient (Wildman–Crippen LogP) is 4.53. The molecule has 0 aliphatic heterocycles. The number of methoxy groups -OCH3 is 1. The topological polar surface area (TPSA) is 89.6 Å². The molecule has 0 bridgehead atoms. The van der Waals surface area contributed by atoms with Crippen LogP contribution in [0.2, 0.25) is 0 Å². The van der Waals surface area contributed by atoms with Crippen molar-refractivity contribution in [2.45, 2.75) is 6.92 Å². The summed E-state index contributed by atoms with van der Waals surface area (Å²) in [6.45, 7) is 1.56. The molecule has 0 unspecified atom stereocenters. The van der Waals surface area contributed by atoms with E-state index in [-0.39, 0.29) is 23.7 Å². The average Bonchev–Trinajstić information content (AvgIpc) is 2.80. The number of anilines is 2. The van der Waals surface area contributed by atoms with E-state index in [1.807, 2.05) is 25.1 Å². The number of nitrogens with one attached hydrogen (secondary N) is 2. The molecule has 8 heteroatoms. The fourth-order valence-corrected chi connectivity index (χ4v) is 2.84. The number of aromatic nitrogens is 1. The molecule has 2 aromatic carbocycles. The molecule has 0 aliphatic rings. The van der Waals surface area contributed by atoms with E-state index in [1.54, 1.807) is 30.3 Å². The summed E-state index contributed by atoms with van der Waals surface area (Å²) in [7, 11) is 1.50. The van der Waals surface area contributed by atoms with Crippen molar-refractivity contribution < 1.29 is 23.5 Å². The SMILES string of the molecule is C/C=C/c1ccc(OCC(=O)Nc2cc(F)ccc2NC(=O)c2ccccn2)c(OC)c1. The molecule has 0 atom stereocenters. The Morgan fingerprint density at radius 2 is 1.88 bits per heavy atom. The summed E-state index contributed by atoms with van der Waals surface area (Å²) in [6, 6.07) is 13.8. The number of nitrogens with zero attached hydrogens (tertiary/aromatic N) is 1. The first-order valence-electron chi connectivity index (χ1n) is 9.75. The Kier molecular flexibility index (Phi) is 7.53. The van der Waals surface area contributed by atoms with E-state index < -0.39 is 17.6 Å². The first kappa shape index (κ1) is 22.5. The molecule has 2 N–H and O–H groups in total. The monoisotopic (exact) mass is 435 g/mol. The van der Waals surface area contributed by atoms with Crippen molar-refractivity contribution in [2.24, 2.45) is 0 Å². The number of allylic oxidation sites excluding steroid dienone is 1. The summed E-state index contributed by atoms with van der Waals surface area (Å²) >= 11 is 0. The van der Waals surface area contributed by atoms with Crippen molar-refractivity contribution >= 4 is 29.3 Å². The van der Waals surface area contributed by atoms with Gasteiger partial charge in [0.15, 0.2) is 18.1 Å². The van der Waals surface area contributed by atoms with Crippen molar-refractivity contribution in [3.05, 3.63) is 83.9 Å². The van der Waals surface area contributed by atoms with E-state index in [9.17, 15) is 14.0 Å². The van der Waals surface area contributed by atoms with Crippen LogP contribution in [0.5, 0.6) is 11.5 Å². The maximum absolute atomic E-state index is 13.8. The molecule has 7 nitrogen and oxygen atoms in total. The molecule has 0 saturated heterocycles. The second-order valence-electron chi connectivity index (χ2n) is 6.61. The summed E-state index contributed by atoms with van der Waals surface area (Å²) in [5.41, 5.74) is 1.43. The van der Waals surface area contributed by atoms with Crippen LogP contribution >= 0.6 is 0 Å². The van der Waals surface area contributed by atoms with Crippen molar-refractivity contribution in [3.63, 3.8) is 0 Å². The minimum Gasteiger partial charge on any atom is -0.493 e. The molecule has 0 radical (unpaired) electrons. The van der Waals surface area contributed by atoms with E-state index >= 15 is 0 Å². The Morgan fingerprint density at radius 1 is 1.03 bits per heavy atom. The zero-order valence-electron chi connectivity index (χ0n) is 17.6. The van der Waals surface area contributed by atoms with Crippen LogP contribution in [-0.2, 0) is 4.79 Å². The van der Waals surface area contributed by atoms with Gasteiger partial charge in [0.1, 0.15) is 11.5 Å². The van der Waals surface area contributed by atoms with E-state index in [1.165, 1.54) is 25.4 Å². The maximum atomic E-state index is 13.8. The molecule has 3 rings (SSSR count). The van der Waals surface area contributed by atoms with Gasteiger partial charge >= 0.3 is 0 Å². The fourth-order valence-electron chi connectivity index (χ4n) is 2.84. The number of hydrogen-bond acceptors (Lipinski definition) is 5. The Morgan fingerprint density at radius 3 is 2.59 bits per heavy atom. The fraction of sp³-hybridized carbons (Fsp3) is 0.125. The van der Waals surface area contributed by atoms with Gasteiger partial charge in [-0.15, -0.1) is 0 Å². The van der Waals surface area contributed by atoms with Crippen LogP contribution in [0.4, 0.5) is 15.8 Å². The molecular formula is C24H22FN3O4. The highest BCUT2D eigenvalue weighted by Crippen LogP contribution is 2.29. The number of benzene rings is 2. The van der Waals surface area contributed by atoms with Crippen LogP contribution in [0.3, 0.4) is 0 Å². The van der Waals surface area contributed by atoms with Crippen LogP contribution < -0.4 is 20.1 Å². The molecule has 1 aromatic heterocycles. The zero-order chi connectivity index (χ0) is 22.9. The summed E-state index contributed by atoms with van der Waals surface area (Å²) in [6.07, 6.45) is 5.29. The van der Waals surface area contributed by atoms with Crippen molar-refractivity contribution in [2.75, 3.05) is 24.4 Å². The standard InChI is InChI=1S/C24H22FN3O4/c1-3-6-16-8-11-21(22(13-16)31-2)32-15-23(29)27-20-14-17(25)9-10-18(20)28-24(30)19-7-4-5-12-26-19/h3-14H,15H2,1-2H3,(H,27,29)(H,28,30)/b6-3+. The summed E-state index contributed by atoms with van der Waals surface area (Å²) < 4.78 is 24.7. The normalized spacial score (nSPS) is 10.6. The number of pyridine rings is 1. The van der Waals surface area contributed by atoms with Crippen LogP contribution in [0, 0.1) is 5.82 Å². The second kappa shape index (κ2) is 10.7. The smallest absolute Gasteiger partial charge is 0.274 e. The van der Waals surface area contributed by atoms with E-state index in [0.717, 1.165) is 11.6 Å². The molecule has 1 heterocycles. The number of halogens is 1. The number of amides is 2. The minimum atomic E-state index is -0.571. The van der Waals surface area contributed by atoms with Gasteiger partial charge < -0.3 is 20.1 Å². The van der Waals surface area contributed by atoms with Crippen molar-refractivity contribution in [3.8, 4) is 11.5 Å². The van der Waals surface area contributed by atoms with Crippen LogP contribution in [-0.4, -0.2) is 30.5 Å². The van der Waals surface area contributed by atoms with E-state index in [4.69, 9.17) is 9.47 Å². The van der Waals surface area contributed by atoms with Gasteiger partial charge in [0.05, 0.1) is 18.5 Å². The van der Waals surface area contributed by atoms with Gasteiger partial charge in [0.25, 0.3) is 11.8 Å². The molecule has 0 aliphatic carbocycles. The number of carbonyl (C=O) groups excluding carboxylic acids is 2. The largest absolute Gasteiger partial charge is 0.493 e. The lowest BCUT2D eigenvalue weighted by Crippen LogP contribution is -2.22. The Balaban J connectivity index is 1.69. The highest BCUT2D eigenvalue weighted by atomic mass is 19.1. The van der Waals surface area contributed by atoms with Crippen LogP contribution in [0.25, 0.3) is 6.08 Å². The molecule has 0 saturated carbocycles. The Labute approximate surface area is 184 Å². The predicted molar refractivity (Wildman–Crippen MR) is 120 cm³/mol. The third-order valence-corrected chi connectivity index (χ3v) is 4.31. The summed E-state index contributed by atoms with van der Waals surface area (Å²) in [5.74, 6) is -0.738. The van der Waals surface area contributed by atoms with Gasteiger partial charge in [-0.3, -0.25) is 14.6 Å². The third-order valence-electron chi connectivity index (χ3n) is 4.31. The van der Waals surface area contributed by atoms with E-state index in [2.05, 4.69) is 15.6 Å². The van der Waals surface area contributed by atoms with Gasteiger partial charge in [-0.25, -0.2) is 4.39 Å². The van der Waals surface area contributed by atoms with Gasteiger partial charge in [-0.2, -0.15) is 0 Å². The van der Waals surface area contributed by atoms with Gasteiger partial charge in [-0.05, 0) is 55.0 Å². The zero-order valence-corrected chi connectivity index (χ0v) is 17.6. The third kappa shape index (κ3) is 5.91. The number of hydrogen-bond donors (Lipinski definition) is 2. The first-order chi connectivity index (χ1) is 15.5. The number of rotatable bonds is 8. The summed E-state index contributed by atoms with van der Waals surface area (Å²) in [5, 5.41) is 5.18. The molecular weight excluding hydrogens is 413 g/mol. The van der Waals surface area contributed by atoms with E-state index in [0.29, 0.717) is 11.5 Å².